The van der Waals surface area contributed by atoms with E-state index in [9.17, 15) is 0 Å². The van der Waals surface area contributed by atoms with Gasteiger partial charge in [0.25, 0.3) is 0 Å². The minimum absolute atomic E-state index is 0.487. The maximum atomic E-state index is 2.55. The van der Waals surface area contributed by atoms with Crippen LogP contribution in [0.4, 0.5) is 0 Å². The molecular weight excluding hydrogens is 853 g/mol. The van der Waals surface area contributed by atoms with Gasteiger partial charge in [0.1, 0.15) is 0 Å². The van der Waals surface area contributed by atoms with Crippen LogP contribution in [0.2, 0.25) is 0 Å². The van der Waals surface area contributed by atoms with E-state index < -0.39 is 5.41 Å². The average Bonchev–Trinajstić information content (AvgIpc) is 3.92. The number of hydrogen-bond acceptors (Lipinski definition) is 0. The molecule has 16 rings (SSSR count). The van der Waals surface area contributed by atoms with Crippen LogP contribution in [0, 0.1) is 0 Å². The molecule has 0 bridgehead atoms. The molecule has 2 aliphatic rings. The first-order valence-electron chi connectivity index (χ1n) is 24.9. The Hall–Kier alpha value is -9.10. The molecule has 0 N–H and O–H groups in total. The van der Waals surface area contributed by atoms with Crippen molar-refractivity contribution >= 4 is 75.4 Å². The van der Waals surface area contributed by atoms with Crippen LogP contribution in [0.3, 0.4) is 0 Å². The molecule has 0 radical (unpaired) electrons. The molecule has 14 aromatic rings. The fourth-order valence-corrected chi connectivity index (χ4v) is 13.6. The zero-order valence-electron chi connectivity index (χ0n) is 38.7. The highest BCUT2D eigenvalue weighted by atomic mass is 14.5. The smallest absolute Gasteiger partial charge is 0.0619 e. The summed E-state index contributed by atoms with van der Waals surface area (Å²) in [6.07, 6.45) is 0. The third-order valence-corrected chi connectivity index (χ3v) is 16.4. The highest BCUT2D eigenvalue weighted by molar-refractivity contribution is 6.26. The molecule has 2 aliphatic carbocycles. The van der Waals surface area contributed by atoms with E-state index in [1.54, 1.807) is 0 Å². The van der Waals surface area contributed by atoms with Gasteiger partial charge in [-0.1, -0.05) is 224 Å². The second-order valence-corrected chi connectivity index (χ2v) is 19.8. The van der Waals surface area contributed by atoms with Crippen LogP contribution < -0.4 is 0 Å². The molecule has 0 heteroatoms. The van der Waals surface area contributed by atoms with Crippen molar-refractivity contribution in [3.63, 3.8) is 0 Å². The third-order valence-electron chi connectivity index (χ3n) is 16.4. The van der Waals surface area contributed by atoms with Crippen LogP contribution in [-0.2, 0) is 5.41 Å². The molecule has 1 spiro atoms. The zero-order chi connectivity index (χ0) is 46.4. The number of fused-ring (bicyclic) bond motifs is 21. The van der Waals surface area contributed by atoms with Crippen LogP contribution in [0.5, 0.6) is 0 Å². The summed E-state index contributed by atoms with van der Waals surface area (Å²) in [7, 11) is 0. The van der Waals surface area contributed by atoms with Crippen LogP contribution in [0.15, 0.2) is 255 Å². The van der Waals surface area contributed by atoms with Crippen molar-refractivity contribution in [1.82, 2.24) is 0 Å². The normalized spacial score (nSPS) is 13.2. The van der Waals surface area contributed by atoms with Gasteiger partial charge in [-0.05, 0) is 184 Å². The third kappa shape index (κ3) is 5.18. The van der Waals surface area contributed by atoms with E-state index in [2.05, 4.69) is 255 Å². The molecule has 0 atom stereocenters. The highest BCUT2D eigenvalue weighted by Crippen LogP contribution is 2.66. The Morgan fingerprint density at radius 2 is 0.662 bits per heavy atom. The van der Waals surface area contributed by atoms with Crippen molar-refractivity contribution < 1.29 is 0 Å². The van der Waals surface area contributed by atoms with Crippen LogP contribution in [0.1, 0.15) is 22.3 Å². The van der Waals surface area contributed by atoms with Crippen LogP contribution >= 0.6 is 0 Å². The molecule has 0 unspecified atom stereocenters. The lowest BCUT2D eigenvalue weighted by Gasteiger charge is -2.32. The molecule has 0 amide bonds. The van der Waals surface area contributed by atoms with Gasteiger partial charge in [-0.25, -0.2) is 0 Å². The van der Waals surface area contributed by atoms with E-state index in [4.69, 9.17) is 0 Å². The largest absolute Gasteiger partial charge is 0.0731 e. The molecule has 326 valence electrons. The predicted molar refractivity (Wildman–Crippen MR) is 302 cm³/mol. The Bertz CT molecular complexity index is 4540. The molecular formula is C71H42. The fraction of sp³-hybridized carbons (Fsp3) is 0.0141. The van der Waals surface area contributed by atoms with Crippen molar-refractivity contribution in [2.75, 3.05) is 0 Å². The Labute approximate surface area is 411 Å². The van der Waals surface area contributed by atoms with Gasteiger partial charge >= 0.3 is 0 Å². The minimum atomic E-state index is -0.487. The van der Waals surface area contributed by atoms with Crippen molar-refractivity contribution in [3.8, 4) is 55.6 Å². The van der Waals surface area contributed by atoms with Gasteiger partial charge in [0.05, 0.1) is 5.41 Å². The topological polar surface area (TPSA) is 0 Å². The maximum absolute atomic E-state index is 2.55. The summed E-state index contributed by atoms with van der Waals surface area (Å²) >= 11 is 0. The van der Waals surface area contributed by atoms with Crippen molar-refractivity contribution in [2.45, 2.75) is 5.41 Å². The van der Waals surface area contributed by atoms with Gasteiger partial charge in [0, 0.05) is 0 Å². The van der Waals surface area contributed by atoms with Crippen molar-refractivity contribution in [3.05, 3.63) is 277 Å². The van der Waals surface area contributed by atoms with E-state index in [-0.39, 0.29) is 0 Å². The standard InChI is InChI=1S/C71H42/c1-2-21-49-46(18-1)41-62(53-25-4-3-22-50(49)53)68-59-31-10-8-29-57(59)67(58-30-9-11-32-60(58)68)47-20-17-19-43(38-47)44-36-37-45-40-63-66(42-48(45)39-44)71(64-34-15-13-26-54(64)55-27-14-16-35-65(55)71)70-61-33-12-6-24-52(61)51-23-5-7-28-56(51)69(63)70/h1-42H. The summed E-state index contributed by atoms with van der Waals surface area (Å²) in [6, 6.07) is 96.3. The predicted octanol–water partition coefficient (Wildman–Crippen LogP) is 19.1. The van der Waals surface area contributed by atoms with E-state index in [0.29, 0.717) is 0 Å². The molecule has 0 heterocycles. The van der Waals surface area contributed by atoms with E-state index >= 15 is 0 Å². The summed E-state index contributed by atoms with van der Waals surface area (Å²) in [5.74, 6) is 0. The first kappa shape index (κ1) is 38.8. The number of benzene rings is 14. The van der Waals surface area contributed by atoms with Gasteiger partial charge < -0.3 is 0 Å². The summed E-state index contributed by atoms with van der Waals surface area (Å²) in [4.78, 5) is 0. The lowest BCUT2D eigenvalue weighted by atomic mass is 9.69. The zero-order valence-corrected chi connectivity index (χ0v) is 38.7. The lowest BCUT2D eigenvalue weighted by Crippen LogP contribution is -2.26. The molecule has 0 saturated heterocycles. The molecule has 0 saturated carbocycles. The van der Waals surface area contributed by atoms with Crippen LogP contribution in [-0.4, -0.2) is 0 Å². The molecule has 71 heavy (non-hydrogen) atoms. The molecule has 0 fully saturated rings. The lowest BCUT2D eigenvalue weighted by molar-refractivity contribution is 0.803. The summed E-state index contributed by atoms with van der Waals surface area (Å²) in [6.45, 7) is 0. The van der Waals surface area contributed by atoms with Gasteiger partial charge in [0.15, 0.2) is 0 Å². The fourth-order valence-electron chi connectivity index (χ4n) is 13.6. The van der Waals surface area contributed by atoms with Crippen molar-refractivity contribution in [2.24, 2.45) is 0 Å². The molecule has 14 aromatic carbocycles. The first-order chi connectivity index (χ1) is 35.2. The van der Waals surface area contributed by atoms with Gasteiger partial charge in [0.2, 0.25) is 0 Å². The second-order valence-electron chi connectivity index (χ2n) is 19.8. The van der Waals surface area contributed by atoms with Gasteiger partial charge in [-0.3, -0.25) is 0 Å². The number of hydrogen-bond donors (Lipinski definition) is 0. The molecule has 0 nitrogen and oxygen atoms in total. The second kappa shape index (κ2) is 14.5. The Kier molecular flexibility index (Phi) is 7.91. The Morgan fingerprint density at radius 3 is 1.32 bits per heavy atom. The molecule has 0 aromatic heterocycles. The quantitative estimate of drug-likeness (QED) is 0.122. The van der Waals surface area contributed by atoms with Crippen LogP contribution in [0.25, 0.3) is 131 Å². The van der Waals surface area contributed by atoms with E-state index in [1.165, 1.54) is 153 Å². The Morgan fingerprint density at radius 1 is 0.197 bits per heavy atom. The first-order valence-corrected chi connectivity index (χ1v) is 24.9. The number of rotatable bonds is 3. The summed E-state index contributed by atoms with van der Waals surface area (Å²) in [5, 5.41) is 17.9. The molecule has 0 aliphatic heterocycles. The van der Waals surface area contributed by atoms with E-state index in [1.807, 2.05) is 0 Å². The summed E-state index contributed by atoms with van der Waals surface area (Å²) in [5.41, 5.74) is 17.8. The SMILES string of the molecule is c1cc(-c2ccc3cc4c(cc3c2)C2(c3ccccc3-c3ccccc32)c2c-4c3ccccc3c3ccccc23)cc(-c2c3ccccc3c(-c3cc4ccccc4c4ccccc34)c3ccccc23)c1. The van der Waals surface area contributed by atoms with Gasteiger partial charge in [-0.2, -0.15) is 0 Å². The summed E-state index contributed by atoms with van der Waals surface area (Å²) < 4.78 is 0. The monoisotopic (exact) mass is 894 g/mol. The maximum Gasteiger partial charge on any atom is 0.0731 e. The van der Waals surface area contributed by atoms with Gasteiger partial charge in [-0.15, -0.1) is 0 Å². The highest BCUT2D eigenvalue weighted by Gasteiger charge is 2.53. The average molecular weight is 895 g/mol. The minimum Gasteiger partial charge on any atom is -0.0619 e. The van der Waals surface area contributed by atoms with E-state index in [0.717, 1.165) is 0 Å². The Balaban J connectivity index is 0.917. The van der Waals surface area contributed by atoms with Crippen molar-refractivity contribution in [1.29, 1.82) is 0 Å².